The molecule has 4 nitrogen and oxygen atoms in total. The van der Waals surface area contributed by atoms with Crippen molar-refractivity contribution >= 4 is 0 Å². The van der Waals surface area contributed by atoms with Gasteiger partial charge < -0.3 is 15.2 Å². The highest BCUT2D eigenvalue weighted by atomic mass is 16.5. The number of benzene rings is 1. The molecule has 2 atom stereocenters. The summed E-state index contributed by atoms with van der Waals surface area (Å²) in [6, 6.07) is 6.56. The molecule has 1 fully saturated rings. The number of nitrogens with two attached hydrogens (primary N) is 1. The van der Waals surface area contributed by atoms with Crippen molar-refractivity contribution in [1.29, 1.82) is 0 Å². The van der Waals surface area contributed by atoms with E-state index in [-0.39, 0.29) is 12.1 Å². The first-order valence-electron chi connectivity index (χ1n) is 6.42. The first-order valence-corrected chi connectivity index (χ1v) is 6.42. The molecule has 0 amide bonds. The second kappa shape index (κ2) is 5.59. The predicted octanol–water partition coefficient (Wildman–Crippen LogP) is 1.80. The maximum atomic E-state index is 6.23. The summed E-state index contributed by atoms with van der Waals surface area (Å²) in [7, 11) is 3.31. The fourth-order valence-corrected chi connectivity index (χ4v) is 2.73. The number of hydrogen-bond donors (Lipinski definition) is 1. The molecule has 0 radical (unpaired) electrons. The van der Waals surface area contributed by atoms with Crippen molar-refractivity contribution in [2.24, 2.45) is 5.73 Å². The third kappa shape index (κ3) is 2.31. The van der Waals surface area contributed by atoms with E-state index in [0.29, 0.717) is 0 Å². The fraction of sp³-hybridized carbons (Fsp3) is 0.571. The Hall–Kier alpha value is -1.26. The molecule has 0 aromatic heterocycles. The Morgan fingerprint density at radius 3 is 2.61 bits per heavy atom. The summed E-state index contributed by atoms with van der Waals surface area (Å²) in [6.07, 6.45) is 1.05. The number of methoxy groups -OCH3 is 2. The van der Waals surface area contributed by atoms with Crippen molar-refractivity contribution in [1.82, 2.24) is 4.90 Å². The van der Waals surface area contributed by atoms with Crippen LogP contribution in [0.4, 0.5) is 0 Å². The molecule has 0 aliphatic carbocycles. The van der Waals surface area contributed by atoms with Gasteiger partial charge in [-0.05, 0) is 30.7 Å². The summed E-state index contributed by atoms with van der Waals surface area (Å²) in [4.78, 5) is 2.41. The summed E-state index contributed by atoms with van der Waals surface area (Å²) in [5.74, 6) is 1.53. The maximum absolute atomic E-state index is 6.23. The minimum atomic E-state index is 0.197. The Morgan fingerprint density at radius 2 is 2.00 bits per heavy atom. The van der Waals surface area contributed by atoms with Crippen LogP contribution in [0.3, 0.4) is 0 Å². The average molecular weight is 250 g/mol. The molecule has 2 unspecified atom stereocenters. The molecular weight excluding hydrogens is 228 g/mol. The normalized spacial score (nSPS) is 24.2. The molecule has 1 aromatic carbocycles. The Morgan fingerprint density at radius 1 is 1.28 bits per heavy atom. The molecule has 1 aliphatic rings. The summed E-state index contributed by atoms with van der Waals surface area (Å²) >= 11 is 0. The van der Waals surface area contributed by atoms with E-state index in [0.717, 1.165) is 31.0 Å². The van der Waals surface area contributed by atoms with Gasteiger partial charge in [0.2, 0.25) is 0 Å². The Balaban J connectivity index is 2.32. The van der Waals surface area contributed by atoms with Crippen LogP contribution < -0.4 is 15.2 Å². The van der Waals surface area contributed by atoms with E-state index >= 15 is 0 Å². The van der Waals surface area contributed by atoms with Gasteiger partial charge in [0.25, 0.3) is 0 Å². The van der Waals surface area contributed by atoms with E-state index in [9.17, 15) is 0 Å². The van der Waals surface area contributed by atoms with Gasteiger partial charge in [0.15, 0.2) is 11.5 Å². The highest BCUT2D eigenvalue weighted by Gasteiger charge is 2.32. The van der Waals surface area contributed by atoms with Gasteiger partial charge in [0.05, 0.1) is 20.3 Å². The zero-order valence-corrected chi connectivity index (χ0v) is 11.3. The highest BCUT2D eigenvalue weighted by molar-refractivity contribution is 5.44. The van der Waals surface area contributed by atoms with Crippen LogP contribution in [-0.4, -0.2) is 38.3 Å². The van der Waals surface area contributed by atoms with Crippen LogP contribution in [0.5, 0.6) is 11.5 Å². The molecule has 1 aromatic rings. The quantitative estimate of drug-likeness (QED) is 0.885. The summed E-state index contributed by atoms with van der Waals surface area (Å²) < 4.78 is 10.6. The number of ether oxygens (including phenoxy) is 2. The van der Waals surface area contributed by atoms with Crippen molar-refractivity contribution in [3.8, 4) is 11.5 Å². The van der Waals surface area contributed by atoms with Crippen LogP contribution >= 0.6 is 0 Å². The van der Waals surface area contributed by atoms with Gasteiger partial charge in [-0.25, -0.2) is 0 Å². The minimum absolute atomic E-state index is 0.197. The molecule has 0 saturated carbocycles. The molecule has 1 saturated heterocycles. The molecule has 100 valence electrons. The average Bonchev–Trinajstić information content (AvgIpc) is 2.79. The van der Waals surface area contributed by atoms with Crippen LogP contribution in [0.25, 0.3) is 0 Å². The minimum Gasteiger partial charge on any atom is -0.493 e. The van der Waals surface area contributed by atoms with Gasteiger partial charge in [-0.1, -0.05) is 13.0 Å². The molecule has 2 rings (SSSR count). The predicted molar refractivity (Wildman–Crippen MR) is 72.1 cm³/mol. The van der Waals surface area contributed by atoms with Crippen molar-refractivity contribution in [3.05, 3.63) is 23.8 Å². The lowest BCUT2D eigenvalue weighted by molar-refractivity contribution is 0.260. The Kier molecular flexibility index (Phi) is 4.09. The second-order valence-electron chi connectivity index (χ2n) is 4.64. The van der Waals surface area contributed by atoms with Gasteiger partial charge in [0, 0.05) is 12.6 Å². The third-order valence-corrected chi connectivity index (χ3v) is 3.70. The van der Waals surface area contributed by atoms with E-state index in [1.807, 2.05) is 12.1 Å². The number of nitrogens with zero attached hydrogens (tertiary/aromatic N) is 1. The van der Waals surface area contributed by atoms with Gasteiger partial charge in [-0.15, -0.1) is 0 Å². The molecular formula is C14H22N2O2. The van der Waals surface area contributed by atoms with Crippen molar-refractivity contribution in [3.63, 3.8) is 0 Å². The van der Waals surface area contributed by atoms with Crippen molar-refractivity contribution in [2.75, 3.05) is 27.3 Å². The molecule has 2 N–H and O–H groups in total. The standard InChI is InChI=1S/C14H22N2O2/c1-4-16-8-7-11(15)14(16)10-5-6-12(17-2)13(9-10)18-3/h5-6,9,11,14H,4,7-8,15H2,1-3H3. The van der Waals surface area contributed by atoms with Crippen LogP contribution in [-0.2, 0) is 0 Å². The van der Waals surface area contributed by atoms with Crippen LogP contribution in [0.2, 0.25) is 0 Å². The van der Waals surface area contributed by atoms with E-state index in [4.69, 9.17) is 15.2 Å². The fourth-order valence-electron chi connectivity index (χ4n) is 2.73. The number of likely N-dealkylation sites (N-methyl/N-ethyl adjacent to an activating group) is 1. The molecule has 4 heteroatoms. The molecule has 18 heavy (non-hydrogen) atoms. The van der Waals surface area contributed by atoms with Crippen molar-refractivity contribution < 1.29 is 9.47 Å². The van der Waals surface area contributed by atoms with E-state index in [1.54, 1.807) is 14.2 Å². The zero-order valence-electron chi connectivity index (χ0n) is 11.3. The van der Waals surface area contributed by atoms with Gasteiger partial charge in [-0.2, -0.15) is 0 Å². The lowest BCUT2D eigenvalue weighted by Crippen LogP contribution is -2.31. The second-order valence-corrected chi connectivity index (χ2v) is 4.64. The first-order chi connectivity index (χ1) is 8.71. The monoisotopic (exact) mass is 250 g/mol. The molecule has 0 spiro atoms. The topological polar surface area (TPSA) is 47.7 Å². The van der Waals surface area contributed by atoms with Gasteiger partial charge in [0.1, 0.15) is 0 Å². The zero-order chi connectivity index (χ0) is 13.1. The molecule has 0 bridgehead atoms. The number of rotatable bonds is 4. The Labute approximate surface area is 109 Å². The summed E-state index contributed by atoms with van der Waals surface area (Å²) in [5.41, 5.74) is 7.43. The van der Waals surface area contributed by atoms with E-state index in [1.165, 1.54) is 5.56 Å². The largest absolute Gasteiger partial charge is 0.493 e. The Bertz CT molecular complexity index is 409. The number of hydrogen-bond acceptors (Lipinski definition) is 4. The smallest absolute Gasteiger partial charge is 0.161 e. The highest BCUT2D eigenvalue weighted by Crippen LogP contribution is 2.36. The van der Waals surface area contributed by atoms with Crippen LogP contribution in [0.1, 0.15) is 24.9 Å². The molecule has 1 aliphatic heterocycles. The van der Waals surface area contributed by atoms with Crippen molar-refractivity contribution in [2.45, 2.75) is 25.4 Å². The van der Waals surface area contributed by atoms with E-state index in [2.05, 4.69) is 17.9 Å². The summed E-state index contributed by atoms with van der Waals surface area (Å²) in [6.45, 7) is 4.26. The van der Waals surface area contributed by atoms with Gasteiger partial charge >= 0.3 is 0 Å². The van der Waals surface area contributed by atoms with Crippen LogP contribution in [0, 0.1) is 0 Å². The van der Waals surface area contributed by atoms with E-state index < -0.39 is 0 Å². The number of likely N-dealkylation sites (tertiary alicyclic amines) is 1. The van der Waals surface area contributed by atoms with Crippen LogP contribution in [0.15, 0.2) is 18.2 Å². The first kappa shape index (κ1) is 13.2. The van der Waals surface area contributed by atoms with Gasteiger partial charge in [-0.3, -0.25) is 4.90 Å². The summed E-state index contributed by atoms with van der Waals surface area (Å²) in [5, 5.41) is 0. The third-order valence-electron chi connectivity index (χ3n) is 3.70. The lowest BCUT2D eigenvalue weighted by atomic mass is 10.0. The maximum Gasteiger partial charge on any atom is 0.161 e. The SMILES string of the molecule is CCN1CCC(N)C1c1ccc(OC)c(OC)c1. The molecule has 1 heterocycles. The lowest BCUT2D eigenvalue weighted by Gasteiger charge is -2.26.